The fourth-order valence-corrected chi connectivity index (χ4v) is 3.36. The number of hydrogen-bond acceptors (Lipinski definition) is 5. The number of methoxy groups -OCH3 is 1. The van der Waals surface area contributed by atoms with Gasteiger partial charge < -0.3 is 19.9 Å². The third-order valence-electron chi connectivity index (χ3n) is 4.90. The molecule has 1 amide bonds. The Kier molecular flexibility index (Phi) is 5.93. The number of piperazine rings is 2. The molecule has 2 saturated heterocycles. The highest BCUT2D eigenvalue weighted by molar-refractivity contribution is 5.76. The summed E-state index contributed by atoms with van der Waals surface area (Å²) in [6.07, 6.45) is 0.638. The Morgan fingerprint density at radius 2 is 1.88 bits per heavy atom. The van der Waals surface area contributed by atoms with Crippen molar-refractivity contribution in [2.24, 2.45) is 0 Å². The molecule has 2 heterocycles. The van der Waals surface area contributed by atoms with Crippen LogP contribution in [0.4, 0.5) is 5.69 Å². The molecule has 0 aliphatic carbocycles. The third kappa shape index (κ3) is 4.39. The zero-order valence-corrected chi connectivity index (χ0v) is 14.5. The van der Waals surface area contributed by atoms with Gasteiger partial charge in [0.2, 0.25) is 5.91 Å². The van der Waals surface area contributed by atoms with Gasteiger partial charge in [-0.15, -0.1) is 0 Å². The lowest BCUT2D eigenvalue weighted by Gasteiger charge is -2.36. The Bertz CT molecular complexity index is 538. The predicted molar refractivity (Wildman–Crippen MR) is 95.7 cm³/mol. The highest BCUT2D eigenvalue weighted by atomic mass is 16.5. The van der Waals surface area contributed by atoms with Crippen LogP contribution in [0.3, 0.4) is 0 Å². The molecule has 0 bridgehead atoms. The number of hydrogen-bond donors (Lipinski definition) is 1. The summed E-state index contributed by atoms with van der Waals surface area (Å²) in [5, 5.41) is 3.28. The molecular weight excluding hydrogens is 304 g/mol. The summed E-state index contributed by atoms with van der Waals surface area (Å²) in [6, 6.07) is 8.23. The summed E-state index contributed by atoms with van der Waals surface area (Å²) in [5.41, 5.74) is 1.21. The zero-order chi connectivity index (χ0) is 16.8. The lowest BCUT2D eigenvalue weighted by atomic mass is 10.2. The van der Waals surface area contributed by atoms with Gasteiger partial charge in [0.25, 0.3) is 0 Å². The molecule has 3 rings (SSSR count). The summed E-state index contributed by atoms with van der Waals surface area (Å²) in [4.78, 5) is 19.0. The molecule has 0 spiro atoms. The Balaban J connectivity index is 1.42. The van der Waals surface area contributed by atoms with Gasteiger partial charge in [0.05, 0.1) is 7.11 Å². The van der Waals surface area contributed by atoms with Crippen molar-refractivity contribution in [1.29, 1.82) is 0 Å². The lowest BCUT2D eigenvalue weighted by molar-refractivity contribution is -0.132. The average molecular weight is 332 g/mol. The predicted octanol–water partition coefficient (Wildman–Crippen LogP) is 0.639. The van der Waals surface area contributed by atoms with Crippen LogP contribution in [0, 0.1) is 0 Å². The van der Waals surface area contributed by atoms with Crippen molar-refractivity contribution in [1.82, 2.24) is 15.1 Å². The number of nitrogens with zero attached hydrogens (tertiary/aromatic N) is 3. The van der Waals surface area contributed by atoms with E-state index in [2.05, 4.69) is 27.2 Å². The molecule has 0 aromatic heterocycles. The summed E-state index contributed by atoms with van der Waals surface area (Å²) >= 11 is 0. The normalized spacial score (nSPS) is 19.4. The monoisotopic (exact) mass is 332 g/mol. The molecular formula is C18H28N4O2. The van der Waals surface area contributed by atoms with Gasteiger partial charge in [-0.05, 0) is 12.1 Å². The van der Waals surface area contributed by atoms with Crippen molar-refractivity contribution < 1.29 is 9.53 Å². The number of carbonyl (C=O) groups excluding carboxylic acids is 1. The molecule has 0 atom stereocenters. The van der Waals surface area contributed by atoms with E-state index in [1.165, 1.54) is 5.69 Å². The summed E-state index contributed by atoms with van der Waals surface area (Å²) in [7, 11) is 1.70. The molecule has 6 heteroatoms. The molecule has 24 heavy (non-hydrogen) atoms. The van der Waals surface area contributed by atoms with E-state index in [4.69, 9.17) is 4.74 Å². The molecule has 1 aromatic carbocycles. The van der Waals surface area contributed by atoms with Crippen LogP contribution in [-0.2, 0) is 4.79 Å². The second kappa shape index (κ2) is 8.35. The van der Waals surface area contributed by atoms with E-state index >= 15 is 0 Å². The molecule has 132 valence electrons. The second-order valence-electron chi connectivity index (χ2n) is 6.41. The van der Waals surface area contributed by atoms with E-state index in [-0.39, 0.29) is 0 Å². The molecule has 6 nitrogen and oxygen atoms in total. The Labute approximate surface area is 144 Å². The Hall–Kier alpha value is -1.79. The highest BCUT2D eigenvalue weighted by Gasteiger charge is 2.20. The van der Waals surface area contributed by atoms with E-state index in [0.29, 0.717) is 12.3 Å². The van der Waals surface area contributed by atoms with Gasteiger partial charge in [-0.25, -0.2) is 0 Å². The van der Waals surface area contributed by atoms with Crippen LogP contribution in [0.1, 0.15) is 6.42 Å². The Morgan fingerprint density at radius 1 is 1.12 bits per heavy atom. The molecule has 2 fully saturated rings. The van der Waals surface area contributed by atoms with Crippen LogP contribution in [0.25, 0.3) is 0 Å². The van der Waals surface area contributed by atoms with Crippen molar-refractivity contribution in [2.45, 2.75) is 6.42 Å². The minimum atomic E-state index is 0.298. The van der Waals surface area contributed by atoms with E-state index in [9.17, 15) is 4.79 Å². The van der Waals surface area contributed by atoms with Crippen LogP contribution in [0.2, 0.25) is 0 Å². The molecule has 1 aromatic rings. The minimum Gasteiger partial charge on any atom is -0.497 e. The summed E-state index contributed by atoms with van der Waals surface area (Å²) < 4.78 is 5.31. The second-order valence-corrected chi connectivity index (χ2v) is 6.41. The maximum absolute atomic E-state index is 12.2. The Morgan fingerprint density at radius 3 is 2.58 bits per heavy atom. The van der Waals surface area contributed by atoms with E-state index in [1.54, 1.807) is 7.11 Å². The molecule has 0 saturated carbocycles. The maximum atomic E-state index is 12.2. The zero-order valence-electron chi connectivity index (χ0n) is 14.5. The van der Waals surface area contributed by atoms with Crippen LogP contribution in [-0.4, -0.2) is 81.7 Å². The lowest BCUT2D eigenvalue weighted by Crippen LogP contribution is -2.49. The first-order chi connectivity index (χ1) is 11.8. The largest absolute Gasteiger partial charge is 0.497 e. The van der Waals surface area contributed by atoms with Gasteiger partial charge in [0.15, 0.2) is 0 Å². The van der Waals surface area contributed by atoms with Crippen LogP contribution in [0.5, 0.6) is 5.75 Å². The molecule has 0 unspecified atom stereocenters. The number of amides is 1. The maximum Gasteiger partial charge on any atom is 0.223 e. The topological polar surface area (TPSA) is 48.1 Å². The fourth-order valence-electron chi connectivity index (χ4n) is 3.36. The first-order valence-electron chi connectivity index (χ1n) is 8.86. The van der Waals surface area contributed by atoms with E-state index in [1.807, 2.05) is 17.0 Å². The van der Waals surface area contributed by atoms with Crippen molar-refractivity contribution >= 4 is 11.6 Å². The van der Waals surface area contributed by atoms with Crippen molar-refractivity contribution in [3.8, 4) is 5.75 Å². The van der Waals surface area contributed by atoms with Crippen molar-refractivity contribution in [2.75, 3.05) is 70.9 Å². The van der Waals surface area contributed by atoms with E-state index in [0.717, 1.165) is 64.7 Å². The fraction of sp³-hybridized carbons (Fsp3) is 0.611. The van der Waals surface area contributed by atoms with Gasteiger partial charge in [0.1, 0.15) is 5.75 Å². The number of benzene rings is 1. The van der Waals surface area contributed by atoms with Crippen molar-refractivity contribution in [3.05, 3.63) is 24.3 Å². The average Bonchev–Trinajstić information content (AvgIpc) is 2.67. The number of anilines is 1. The smallest absolute Gasteiger partial charge is 0.223 e. The van der Waals surface area contributed by atoms with Gasteiger partial charge in [-0.3, -0.25) is 9.69 Å². The molecule has 2 aliphatic rings. The SMILES string of the molecule is COc1cccc(N2CCN(CCC(=O)N3CCNCC3)CC2)c1. The third-order valence-corrected chi connectivity index (χ3v) is 4.90. The number of carbonyl (C=O) groups is 1. The van der Waals surface area contributed by atoms with Gasteiger partial charge in [-0.2, -0.15) is 0 Å². The molecule has 2 aliphatic heterocycles. The van der Waals surface area contributed by atoms with Crippen LogP contribution in [0.15, 0.2) is 24.3 Å². The molecule has 0 radical (unpaired) electrons. The van der Waals surface area contributed by atoms with Crippen LogP contribution < -0.4 is 15.0 Å². The van der Waals surface area contributed by atoms with Gasteiger partial charge in [0, 0.05) is 77.1 Å². The summed E-state index contributed by atoms with van der Waals surface area (Å²) in [6.45, 7) is 8.41. The first-order valence-corrected chi connectivity index (χ1v) is 8.86. The number of rotatable bonds is 5. The van der Waals surface area contributed by atoms with Gasteiger partial charge >= 0.3 is 0 Å². The first kappa shape index (κ1) is 17.0. The number of ether oxygens (including phenoxy) is 1. The minimum absolute atomic E-state index is 0.298. The van der Waals surface area contributed by atoms with E-state index < -0.39 is 0 Å². The quantitative estimate of drug-likeness (QED) is 0.857. The molecule has 1 N–H and O–H groups in total. The standard InChI is InChI=1S/C18H28N4O2/c1-24-17-4-2-3-16(15-17)21-13-11-20(12-14-21)8-5-18(23)22-9-6-19-7-10-22/h2-4,15,19H,5-14H2,1H3. The van der Waals surface area contributed by atoms with Gasteiger partial charge in [-0.1, -0.05) is 6.07 Å². The highest BCUT2D eigenvalue weighted by Crippen LogP contribution is 2.22. The van der Waals surface area contributed by atoms with Crippen LogP contribution >= 0.6 is 0 Å². The van der Waals surface area contributed by atoms with Crippen molar-refractivity contribution in [3.63, 3.8) is 0 Å². The number of nitrogens with one attached hydrogen (secondary N) is 1. The summed E-state index contributed by atoms with van der Waals surface area (Å²) in [5.74, 6) is 1.20.